The zero-order valence-electron chi connectivity index (χ0n) is 14.2. The molecule has 2 aromatic rings. The van der Waals surface area contributed by atoms with Crippen LogP contribution in [0.5, 0.6) is 0 Å². The standard InChI is InChI=1S/C17H14F3N3O3S2/c18-17(19,20)28-14-7-3-12(4-8-14)21-16(24)22-9-10-27-15(22)11-1-5-13(6-2-11)23(25)26/h1-8,15H,9-10H2,(H,21,24). The van der Waals surface area contributed by atoms with Gasteiger partial charge in [-0.1, -0.05) is 0 Å². The Hall–Kier alpha value is -2.40. The summed E-state index contributed by atoms with van der Waals surface area (Å²) in [5, 5.41) is 13.2. The minimum absolute atomic E-state index is 0.0282. The zero-order valence-corrected chi connectivity index (χ0v) is 15.8. The van der Waals surface area contributed by atoms with Crippen LogP contribution in [0.2, 0.25) is 0 Å². The summed E-state index contributed by atoms with van der Waals surface area (Å²) in [6.45, 7) is 0.486. The van der Waals surface area contributed by atoms with Crippen molar-refractivity contribution in [2.24, 2.45) is 0 Å². The number of nitro benzene ring substituents is 1. The van der Waals surface area contributed by atoms with Gasteiger partial charge in [0.15, 0.2) is 0 Å². The maximum Gasteiger partial charge on any atom is 0.446 e. The van der Waals surface area contributed by atoms with Gasteiger partial charge in [-0.15, -0.1) is 11.8 Å². The molecular weight excluding hydrogens is 415 g/mol. The number of thioether (sulfide) groups is 2. The molecule has 0 aromatic heterocycles. The second kappa shape index (κ2) is 8.31. The van der Waals surface area contributed by atoms with Crippen LogP contribution in [0.15, 0.2) is 53.4 Å². The fourth-order valence-corrected chi connectivity index (χ4v) is 4.45. The van der Waals surface area contributed by atoms with Crippen LogP contribution in [0.25, 0.3) is 0 Å². The first-order valence-corrected chi connectivity index (χ1v) is 9.89. The Labute approximate surface area is 166 Å². The molecule has 1 aliphatic rings. The van der Waals surface area contributed by atoms with Gasteiger partial charge in [0.05, 0.1) is 4.92 Å². The number of hydrogen-bond acceptors (Lipinski definition) is 5. The normalized spacial score (nSPS) is 16.8. The van der Waals surface area contributed by atoms with Crippen molar-refractivity contribution in [1.82, 2.24) is 4.90 Å². The predicted molar refractivity (Wildman–Crippen MR) is 102 cm³/mol. The van der Waals surface area contributed by atoms with Crippen LogP contribution in [0, 0.1) is 10.1 Å². The number of urea groups is 1. The van der Waals surface area contributed by atoms with E-state index in [0.717, 1.165) is 5.56 Å². The lowest BCUT2D eigenvalue weighted by atomic mass is 10.2. The van der Waals surface area contributed by atoms with Crippen molar-refractivity contribution in [3.8, 4) is 0 Å². The maximum atomic E-state index is 12.6. The highest BCUT2D eigenvalue weighted by atomic mass is 32.2. The van der Waals surface area contributed by atoms with E-state index in [-0.39, 0.29) is 33.7 Å². The molecular formula is C17H14F3N3O3S2. The Morgan fingerprint density at radius 2 is 1.82 bits per heavy atom. The molecule has 1 N–H and O–H groups in total. The summed E-state index contributed by atoms with van der Waals surface area (Å²) < 4.78 is 37.1. The van der Waals surface area contributed by atoms with Crippen LogP contribution < -0.4 is 5.32 Å². The van der Waals surface area contributed by atoms with Gasteiger partial charge in [0.2, 0.25) is 0 Å². The topological polar surface area (TPSA) is 75.5 Å². The lowest BCUT2D eigenvalue weighted by Crippen LogP contribution is -2.34. The van der Waals surface area contributed by atoms with Crippen LogP contribution in [0.4, 0.5) is 29.3 Å². The SMILES string of the molecule is O=C(Nc1ccc(SC(F)(F)F)cc1)N1CCSC1c1ccc([N+](=O)[O-])cc1. The molecule has 1 aliphatic heterocycles. The van der Waals surface area contributed by atoms with Crippen molar-refractivity contribution in [3.63, 3.8) is 0 Å². The maximum absolute atomic E-state index is 12.6. The average molecular weight is 429 g/mol. The van der Waals surface area contributed by atoms with Gasteiger partial charge in [0.1, 0.15) is 5.37 Å². The number of hydrogen-bond donors (Lipinski definition) is 1. The molecule has 0 spiro atoms. The van der Waals surface area contributed by atoms with Gasteiger partial charge in [-0.25, -0.2) is 4.79 Å². The van der Waals surface area contributed by atoms with Gasteiger partial charge in [-0.2, -0.15) is 13.2 Å². The molecule has 1 fully saturated rings. The van der Waals surface area contributed by atoms with E-state index < -0.39 is 10.4 Å². The summed E-state index contributed by atoms with van der Waals surface area (Å²) in [5.74, 6) is 0.705. The quantitative estimate of drug-likeness (QED) is 0.395. The Bertz CT molecular complexity index is 861. The molecule has 148 valence electrons. The highest BCUT2D eigenvalue weighted by molar-refractivity contribution is 8.00. The lowest BCUT2D eigenvalue weighted by Gasteiger charge is -2.24. The first kappa shape index (κ1) is 20.3. The molecule has 0 bridgehead atoms. The third-order valence-electron chi connectivity index (χ3n) is 3.88. The van der Waals surface area contributed by atoms with E-state index in [2.05, 4.69) is 5.32 Å². The monoisotopic (exact) mass is 429 g/mol. The molecule has 2 aromatic carbocycles. The number of anilines is 1. The minimum Gasteiger partial charge on any atom is -0.308 e. The van der Waals surface area contributed by atoms with Gasteiger partial charge in [-0.05, 0) is 53.7 Å². The van der Waals surface area contributed by atoms with Gasteiger partial charge in [-0.3, -0.25) is 10.1 Å². The zero-order chi connectivity index (χ0) is 20.3. The van der Waals surface area contributed by atoms with Crippen molar-refractivity contribution in [1.29, 1.82) is 0 Å². The molecule has 6 nitrogen and oxygen atoms in total. The summed E-state index contributed by atoms with van der Waals surface area (Å²) >= 11 is 1.31. The van der Waals surface area contributed by atoms with Crippen LogP contribution >= 0.6 is 23.5 Å². The van der Waals surface area contributed by atoms with Gasteiger partial charge >= 0.3 is 11.5 Å². The van der Waals surface area contributed by atoms with E-state index in [1.165, 1.54) is 48.2 Å². The number of benzene rings is 2. The first-order valence-electron chi connectivity index (χ1n) is 8.02. The number of alkyl halides is 3. The molecule has 1 atom stereocenters. The molecule has 0 aliphatic carbocycles. The molecule has 3 rings (SSSR count). The largest absolute Gasteiger partial charge is 0.446 e. The Morgan fingerprint density at radius 1 is 1.18 bits per heavy atom. The molecule has 1 unspecified atom stereocenters. The number of nitro groups is 1. The summed E-state index contributed by atoms with van der Waals surface area (Å²) in [6.07, 6.45) is 0. The number of amides is 2. The van der Waals surface area contributed by atoms with Crippen LogP contribution in [0.3, 0.4) is 0 Å². The van der Waals surface area contributed by atoms with E-state index in [9.17, 15) is 28.1 Å². The summed E-state index contributed by atoms with van der Waals surface area (Å²) in [6, 6.07) is 11.0. The smallest absolute Gasteiger partial charge is 0.308 e. The van der Waals surface area contributed by atoms with E-state index in [4.69, 9.17) is 0 Å². The number of rotatable bonds is 4. The summed E-state index contributed by atoms with van der Waals surface area (Å²) in [7, 11) is 0. The Morgan fingerprint density at radius 3 is 2.39 bits per heavy atom. The highest BCUT2D eigenvalue weighted by Gasteiger charge is 2.31. The number of halogens is 3. The van der Waals surface area contributed by atoms with Crippen molar-refractivity contribution < 1.29 is 22.9 Å². The van der Waals surface area contributed by atoms with Crippen molar-refractivity contribution >= 4 is 40.9 Å². The molecule has 1 saturated heterocycles. The molecule has 28 heavy (non-hydrogen) atoms. The molecule has 2 amide bonds. The average Bonchev–Trinajstić information content (AvgIpc) is 3.12. The third-order valence-corrected chi connectivity index (χ3v) is 5.88. The molecule has 0 saturated carbocycles. The van der Waals surface area contributed by atoms with E-state index >= 15 is 0 Å². The van der Waals surface area contributed by atoms with Crippen molar-refractivity contribution in [2.45, 2.75) is 15.8 Å². The third kappa shape index (κ3) is 5.10. The highest BCUT2D eigenvalue weighted by Crippen LogP contribution is 2.39. The number of carbonyl (C=O) groups excluding carboxylic acids is 1. The number of non-ortho nitro benzene ring substituents is 1. The lowest BCUT2D eigenvalue weighted by molar-refractivity contribution is -0.384. The fraction of sp³-hybridized carbons (Fsp3) is 0.235. The number of nitrogens with zero attached hydrogens (tertiary/aromatic N) is 2. The van der Waals surface area contributed by atoms with E-state index in [1.807, 2.05) is 0 Å². The van der Waals surface area contributed by atoms with Gasteiger partial charge < -0.3 is 10.2 Å². The second-order valence-corrected chi connectivity index (χ2v) is 8.09. The predicted octanol–water partition coefficient (Wildman–Crippen LogP) is 5.49. The Balaban J connectivity index is 1.67. The minimum atomic E-state index is -4.37. The van der Waals surface area contributed by atoms with E-state index in [0.29, 0.717) is 18.0 Å². The van der Waals surface area contributed by atoms with Gasteiger partial charge in [0, 0.05) is 35.0 Å². The summed E-state index contributed by atoms with van der Waals surface area (Å²) in [4.78, 5) is 24.5. The van der Waals surface area contributed by atoms with Crippen LogP contribution in [0.1, 0.15) is 10.9 Å². The van der Waals surface area contributed by atoms with Crippen LogP contribution in [-0.2, 0) is 0 Å². The number of nitrogens with one attached hydrogen (secondary N) is 1. The second-order valence-electron chi connectivity index (χ2n) is 5.77. The fourth-order valence-electron chi connectivity index (χ4n) is 2.65. The number of carbonyl (C=O) groups is 1. The summed E-state index contributed by atoms with van der Waals surface area (Å²) in [5.41, 5.74) is -3.24. The first-order chi connectivity index (χ1) is 13.2. The van der Waals surface area contributed by atoms with Crippen LogP contribution in [-0.4, -0.2) is 33.7 Å². The van der Waals surface area contributed by atoms with Crippen molar-refractivity contribution in [2.75, 3.05) is 17.6 Å². The van der Waals surface area contributed by atoms with E-state index in [1.54, 1.807) is 17.0 Å². The van der Waals surface area contributed by atoms with Gasteiger partial charge in [0.25, 0.3) is 5.69 Å². The molecule has 1 heterocycles. The van der Waals surface area contributed by atoms with Crippen molar-refractivity contribution in [3.05, 3.63) is 64.2 Å². The molecule has 0 radical (unpaired) electrons. The molecule has 11 heteroatoms. The Kier molecular flexibility index (Phi) is 6.04.